The monoisotopic (exact) mass is 323 g/mol. The predicted molar refractivity (Wildman–Crippen MR) is 79.4 cm³/mol. The Morgan fingerprint density at radius 1 is 1.35 bits per heavy atom. The first-order valence-corrected chi connectivity index (χ1v) is 7.49. The van der Waals surface area contributed by atoms with Gasteiger partial charge < -0.3 is 0 Å². The van der Waals surface area contributed by atoms with Gasteiger partial charge in [0, 0.05) is 17.9 Å². The van der Waals surface area contributed by atoms with E-state index in [1.54, 1.807) is 18.2 Å². The fourth-order valence-electron chi connectivity index (χ4n) is 2.02. The van der Waals surface area contributed by atoms with Gasteiger partial charge in [0.25, 0.3) is 5.56 Å². The minimum atomic E-state index is -0.302. The second kappa shape index (κ2) is 5.13. The SMILES string of the molecule is N#Cc1c(-c2ccc(Cl)c(Cl)c2)nc2n(c1=O)CCS2. The van der Waals surface area contributed by atoms with Crippen molar-refractivity contribution >= 4 is 35.0 Å². The number of rotatable bonds is 1. The van der Waals surface area contributed by atoms with Crippen molar-refractivity contribution in [3.8, 4) is 17.3 Å². The van der Waals surface area contributed by atoms with Crippen molar-refractivity contribution in [2.45, 2.75) is 11.7 Å². The molecule has 0 aliphatic carbocycles. The van der Waals surface area contributed by atoms with E-state index in [1.165, 1.54) is 16.3 Å². The minimum absolute atomic E-state index is 0.0367. The Hall–Kier alpha value is -1.48. The van der Waals surface area contributed by atoms with Gasteiger partial charge in [-0.3, -0.25) is 9.36 Å². The second-order valence-electron chi connectivity index (χ2n) is 4.16. The smallest absolute Gasteiger partial charge is 0.272 e. The average Bonchev–Trinajstić information content (AvgIpc) is 2.90. The van der Waals surface area contributed by atoms with Crippen molar-refractivity contribution in [3.05, 3.63) is 44.2 Å². The maximum absolute atomic E-state index is 12.3. The minimum Gasteiger partial charge on any atom is -0.286 e. The summed E-state index contributed by atoms with van der Waals surface area (Å²) < 4.78 is 1.53. The van der Waals surface area contributed by atoms with Crippen LogP contribution in [0.5, 0.6) is 0 Å². The molecule has 1 aliphatic rings. The molecule has 0 atom stereocenters. The van der Waals surface area contributed by atoms with E-state index in [2.05, 4.69) is 4.98 Å². The molecule has 1 aromatic heterocycles. The molecule has 0 N–H and O–H groups in total. The summed E-state index contributed by atoms with van der Waals surface area (Å²) in [5, 5.41) is 10.7. The molecule has 0 saturated heterocycles. The number of nitrogens with zero attached hydrogens (tertiary/aromatic N) is 3. The Labute approximate surface area is 129 Å². The summed E-state index contributed by atoms with van der Waals surface area (Å²) in [6.45, 7) is 0.585. The molecule has 0 fully saturated rings. The first kappa shape index (κ1) is 13.5. The van der Waals surface area contributed by atoms with Gasteiger partial charge in [0.15, 0.2) is 5.16 Å². The Bertz CT molecular complexity index is 810. The lowest BCUT2D eigenvalue weighted by Gasteiger charge is -2.08. The Kier molecular flexibility index (Phi) is 3.47. The van der Waals surface area contributed by atoms with E-state index in [0.717, 1.165) is 5.75 Å². The van der Waals surface area contributed by atoms with Crippen LogP contribution in [0.25, 0.3) is 11.3 Å². The van der Waals surface area contributed by atoms with E-state index in [1.807, 2.05) is 6.07 Å². The van der Waals surface area contributed by atoms with Gasteiger partial charge in [-0.2, -0.15) is 5.26 Å². The van der Waals surface area contributed by atoms with E-state index < -0.39 is 0 Å². The molecule has 1 aromatic carbocycles. The fraction of sp³-hybridized carbons (Fsp3) is 0.154. The van der Waals surface area contributed by atoms with Crippen molar-refractivity contribution in [2.24, 2.45) is 0 Å². The number of thioether (sulfide) groups is 1. The number of hydrogen-bond acceptors (Lipinski definition) is 4. The van der Waals surface area contributed by atoms with Crippen LogP contribution in [0.3, 0.4) is 0 Å². The zero-order valence-corrected chi connectivity index (χ0v) is 12.4. The van der Waals surface area contributed by atoms with Gasteiger partial charge in [-0.1, -0.05) is 41.0 Å². The zero-order valence-electron chi connectivity index (χ0n) is 10.1. The molecule has 2 heterocycles. The molecule has 2 aromatic rings. The second-order valence-corrected chi connectivity index (χ2v) is 6.04. The third-order valence-corrected chi connectivity index (χ3v) is 4.68. The largest absolute Gasteiger partial charge is 0.286 e. The van der Waals surface area contributed by atoms with Crippen LogP contribution in [0.2, 0.25) is 10.0 Å². The quantitative estimate of drug-likeness (QED) is 0.756. The molecule has 100 valence electrons. The zero-order chi connectivity index (χ0) is 14.3. The van der Waals surface area contributed by atoms with Crippen LogP contribution in [0, 0.1) is 11.3 Å². The Morgan fingerprint density at radius 2 is 2.15 bits per heavy atom. The number of halogens is 2. The number of aromatic nitrogens is 2. The normalized spacial score (nSPS) is 13.1. The highest BCUT2D eigenvalue weighted by Crippen LogP contribution is 2.30. The van der Waals surface area contributed by atoms with Crippen LogP contribution >= 0.6 is 35.0 Å². The molecule has 0 amide bonds. The van der Waals surface area contributed by atoms with Crippen LogP contribution in [0.15, 0.2) is 28.2 Å². The molecular formula is C13H7Cl2N3OS. The molecule has 0 bridgehead atoms. The van der Waals surface area contributed by atoms with E-state index in [-0.39, 0.29) is 11.1 Å². The van der Waals surface area contributed by atoms with Crippen LogP contribution in [0.4, 0.5) is 0 Å². The van der Waals surface area contributed by atoms with Gasteiger partial charge in [-0.15, -0.1) is 0 Å². The molecule has 0 saturated carbocycles. The Morgan fingerprint density at radius 3 is 2.85 bits per heavy atom. The van der Waals surface area contributed by atoms with Gasteiger partial charge in [-0.05, 0) is 12.1 Å². The number of nitriles is 1. The summed E-state index contributed by atoms with van der Waals surface area (Å²) in [7, 11) is 0. The maximum atomic E-state index is 12.3. The van der Waals surface area contributed by atoms with Crippen LogP contribution in [-0.2, 0) is 6.54 Å². The van der Waals surface area contributed by atoms with Crippen molar-refractivity contribution in [3.63, 3.8) is 0 Å². The van der Waals surface area contributed by atoms with Crippen molar-refractivity contribution in [1.29, 1.82) is 5.26 Å². The summed E-state index contributed by atoms with van der Waals surface area (Å²) in [5.74, 6) is 0.790. The van der Waals surface area contributed by atoms with Gasteiger partial charge in [-0.25, -0.2) is 4.98 Å². The summed E-state index contributed by atoms with van der Waals surface area (Å²) in [4.78, 5) is 16.7. The highest BCUT2D eigenvalue weighted by atomic mass is 35.5. The summed E-state index contributed by atoms with van der Waals surface area (Å²) in [5.41, 5.74) is 0.707. The summed E-state index contributed by atoms with van der Waals surface area (Å²) in [6, 6.07) is 6.89. The summed E-state index contributed by atoms with van der Waals surface area (Å²) >= 11 is 13.4. The molecule has 0 radical (unpaired) electrons. The molecular weight excluding hydrogens is 317 g/mol. The number of hydrogen-bond donors (Lipinski definition) is 0. The van der Waals surface area contributed by atoms with Crippen LogP contribution in [0.1, 0.15) is 5.56 Å². The van der Waals surface area contributed by atoms with E-state index in [4.69, 9.17) is 23.2 Å². The lowest BCUT2D eigenvalue weighted by Crippen LogP contribution is -2.24. The van der Waals surface area contributed by atoms with Gasteiger partial charge in [0.05, 0.1) is 15.7 Å². The van der Waals surface area contributed by atoms with Gasteiger partial charge in [0.1, 0.15) is 11.6 Å². The van der Waals surface area contributed by atoms with Crippen LogP contribution < -0.4 is 5.56 Å². The highest BCUT2D eigenvalue weighted by molar-refractivity contribution is 7.99. The van der Waals surface area contributed by atoms with Crippen molar-refractivity contribution in [1.82, 2.24) is 9.55 Å². The fourth-order valence-corrected chi connectivity index (χ4v) is 3.26. The van der Waals surface area contributed by atoms with E-state index >= 15 is 0 Å². The third-order valence-electron chi connectivity index (χ3n) is 2.99. The lowest BCUT2D eigenvalue weighted by atomic mass is 10.1. The maximum Gasteiger partial charge on any atom is 0.272 e. The number of fused-ring (bicyclic) bond motifs is 1. The van der Waals surface area contributed by atoms with E-state index in [0.29, 0.717) is 33.0 Å². The van der Waals surface area contributed by atoms with Crippen LogP contribution in [-0.4, -0.2) is 15.3 Å². The lowest BCUT2D eigenvalue weighted by molar-refractivity contribution is 0.655. The average molecular weight is 324 g/mol. The predicted octanol–water partition coefficient (Wildman–Crippen LogP) is 3.19. The standard InChI is InChI=1S/C13H7Cl2N3OS/c14-9-2-1-7(5-10(9)15)11-8(6-16)12(19)18-3-4-20-13(18)17-11/h1-2,5H,3-4H2. The molecule has 3 rings (SSSR count). The highest BCUT2D eigenvalue weighted by Gasteiger charge is 2.21. The van der Waals surface area contributed by atoms with Crippen molar-refractivity contribution < 1.29 is 0 Å². The summed E-state index contributed by atoms with van der Waals surface area (Å²) in [6.07, 6.45) is 0. The number of benzene rings is 1. The Balaban J connectivity index is 2.29. The first-order chi connectivity index (χ1) is 9.61. The topological polar surface area (TPSA) is 58.7 Å². The molecule has 7 heteroatoms. The van der Waals surface area contributed by atoms with Crippen molar-refractivity contribution in [2.75, 3.05) is 5.75 Å². The first-order valence-electron chi connectivity index (χ1n) is 5.75. The van der Waals surface area contributed by atoms with E-state index in [9.17, 15) is 10.1 Å². The molecule has 1 aliphatic heterocycles. The molecule has 0 unspecified atom stereocenters. The third kappa shape index (κ3) is 2.10. The molecule has 20 heavy (non-hydrogen) atoms. The molecule has 4 nitrogen and oxygen atoms in total. The van der Waals surface area contributed by atoms with Gasteiger partial charge >= 0.3 is 0 Å². The molecule has 0 spiro atoms. The van der Waals surface area contributed by atoms with Gasteiger partial charge in [0.2, 0.25) is 0 Å².